The number of ether oxygens (including phenoxy) is 1. The highest BCUT2D eigenvalue weighted by atomic mass is 16.5. The summed E-state index contributed by atoms with van der Waals surface area (Å²) in [6.07, 6.45) is 4.49. The summed E-state index contributed by atoms with van der Waals surface area (Å²) in [6, 6.07) is 1.64. The summed E-state index contributed by atoms with van der Waals surface area (Å²) in [6.45, 7) is 8.70. The molecule has 0 aromatic carbocycles. The average Bonchev–Trinajstić information content (AvgIpc) is 2.78. The maximum Gasteiger partial charge on any atom is 0.325 e. The first-order valence-electron chi connectivity index (χ1n) is 7.44. The van der Waals surface area contributed by atoms with Gasteiger partial charge in [-0.05, 0) is 53.5 Å². The summed E-state index contributed by atoms with van der Waals surface area (Å²) in [5.74, 6) is -0.179. The van der Waals surface area contributed by atoms with E-state index < -0.39 is 5.54 Å². The summed E-state index contributed by atoms with van der Waals surface area (Å²) < 4.78 is 4.93. The minimum Gasteiger partial charge on any atom is -0.468 e. The van der Waals surface area contributed by atoms with Gasteiger partial charge in [0.2, 0.25) is 0 Å². The third-order valence-electron chi connectivity index (χ3n) is 4.72. The zero-order valence-electron chi connectivity index (χ0n) is 13.3. The monoisotopic (exact) mass is 270 g/mol. The number of nitrogens with one attached hydrogen (secondary N) is 1. The lowest BCUT2D eigenvalue weighted by molar-refractivity contribution is -0.148. The van der Waals surface area contributed by atoms with Gasteiger partial charge in [0, 0.05) is 18.1 Å². The van der Waals surface area contributed by atoms with Gasteiger partial charge in [-0.3, -0.25) is 9.69 Å². The predicted molar refractivity (Wildman–Crippen MR) is 78.2 cm³/mol. The molecule has 4 atom stereocenters. The van der Waals surface area contributed by atoms with E-state index >= 15 is 0 Å². The van der Waals surface area contributed by atoms with E-state index in [2.05, 4.69) is 31.0 Å². The molecule has 1 heterocycles. The molecule has 0 radical (unpaired) electrons. The molecule has 0 saturated carbocycles. The van der Waals surface area contributed by atoms with E-state index in [0.29, 0.717) is 18.1 Å². The fourth-order valence-corrected chi connectivity index (χ4v) is 3.51. The molecule has 1 fully saturated rings. The van der Waals surface area contributed by atoms with Gasteiger partial charge in [0.05, 0.1) is 7.11 Å². The Labute approximate surface area is 117 Å². The van der Waals surface area contributed by atoms with Crippen molar-refractivity contribution in [3.63, 3.8) is 0 Å². The lowest BCUT2D eigenvalue weighted by Gasteiger charge is -2.38. The Morgan fingerprint density at radius 3 is 2.63 bits per heavy atom. The summed E-state index contributed by atoms with van der Waals surface area (Å²) in [5, 5.41) is 3.13. The van der Waals surface area contributed by atoms with Crippen molar-refractivity contribution in [2.75, 3.05) is 14.2 Å². The molecule has 0 aliphatic carbocycles. The Bertz CT molecular complexity index is 309. The molecule has 19 heavy (non-hydrogen) atoms. The first-order chi connectivity index (χ1) is 8.89. The number of likely N-dealkylation sites (N-methyl/N-ethyl adjacent to an activating group) is 1. The van der Waals surface area contributed by atoms with Crippen LogP contribution in [0.25, 0.3) is 0 Å². The number of hydrogen-bond donors (Lipinski definition) is 1. The maximum absolute atomic E-state index is 11.9. The van der Waals surface area contributed by atoms with E-state index in [9.17, 15) is 4.79 Å². The Kier molecular flexibility index (Phi) is 5.81. The summed E-state index contributed by atoms with van der Waals surface area (Å²) in [4.78, 5) is 14.5. The number of esters is 1. The highest BCUT2D eigenvalue weighted by Gasteiger charge is 2.39. The van der Waals surface area contributed by atoms with Gasteiger partial charge < -0.3 is 10.1 Å². The normalized spacial score (nSPS) is 28.9. The molecular weight excluding hydrogens is 240 g/mol. The number of methoxy groups -OCH3 is 1. The Hall–Kier alpha value is -0.610. The molecule has 1 N–H and O–H groups in total. The summed E-state index contributed by atoms with van der Waals surface area (Å²) in [5.41, 5.74) is -0.602. The molecule has 0 amide bonds. The maximum atomic E-state index is 11.9. The Morgan fingerprint density at radius 1 is 1.53 bits per heavy atom. The highest BCUT2D eigenvalue weighted by molar-refractivity contribution is 5.80. The van der Waals surface area contributed by atoms with Gasteiger partial charge in [-0.15, -0.1) is 0 Å². The number of likely N-dealkylation sites (tertiary alicyclic amines) is 1. The van der Waals surface area contributed by atoms with Gasteiger partial charge in [0.25, 0.3) is 0 Å². The average molecular weight is 270 g/mol. The first-order valence-corrected chi connectivity index (χ1v) is 7.44. The van der Waals surface area contributed by atoms with Crippen LogP contribution >= 0.6 is 0 Å². The van der Waals surface area contributed by atoms with Crippen LogP contribution in [0.1, 0.15) is 53.4 Å². The summed E-state index contributed by atoms with van der Waals surface area (Å²) in [7, 11) is 3.28. The molecule has 0 bridgehead atoms. The molecule has 1 saturated heterocycles. The van der Waals surface area contributed by atoms with Crippen LogP contribution in [0.4, 0.5) is 0 Å². The fourth-order valence-electron chi connectivity index (χ4n) is 3.51. The molecule has 1 rings (SSSR count). The van der Waals surface area contributed by atoms with Crippen LogP contribution in [0.15, 0.2) is 0 Å². The van der Waals surface area contributed by atoms with Crippen molar-refractivity contribution in [1.29, 1.82) is 0 Å². The largest absolute Gasteiger partial charge is 0.468 e. The second kappa shape index (κ2) is 6.71. The molecule has 112 valence electrons. The van der Waals surface area contributed by atoms with E-state index in [1.807, 2.05) is 14.0 Å². The number of carbonyl (C=O) groups is 1. The van der Waals surface area contributed by atoms with E-state index in [-0.39, 0.29) is 5.97 Å². The minimum atomic E-state index is -0.602. The number of hydrogen-bond acceptors (Lipinski definition) is 4. The number of rotatable bonds is 6. The van der Waals surface area contributed by atoms with E-state index in [1.54, 1.807) is 0 Å². The zero-order chi connectivity index (χ0) is 14.6. The van der Waals surface area contributed by atoms with E-state index in [0.717, 1.165) is 6.42 Å². The quantitative estimate of drug-likeness (QED) is 0.751. The van der Waals surface area contributed by atoms with Gasteiger partial charge in [-0.1, -0.05) is 6.92 Å². The van der Waals surface area contributed by atoms with Gasteiger partial charge in [0.15, 0.2) is 0 Å². The third kappa shape index (κ3) is 3.48. The molecule has 4 heteroatoms. The molecule has 4 unspecified atom stereocenters. The molecular formula is C15H30N2O2. The van der Waals surface area contributed by atoms with Gasteiger partial charge in [0.1, 0.15) is 5.54 Å². The zero-order valence-corrected chi connectivity index (χ0v) is 13.3. The van der Waals surface area contributed by atoms with Crippen LogP contribution in [0, 0.1) is 0 Å². The molecule has 0 aromatic rings. The molecule has 0 aromatic heterocycles. The predicted octanol–water partition coefficient (Wildman–Crippen LogP) is 2.18. The van der Waals surface area contributed by atoms with Crippen LogP contribution in [-0.4, -0.2) is 48.7 Å². The van der Waals surface area contributed by atoms with E-state index in [4.69, 9.17) is 4.74 Å². The van der Waals surface area contributed by atoms with Crippen LogP contribution < -0.4 is 5.32 Å². The van der Waals surface area contributed by atoms with Crippen molar-refractivity contribution >= 4 is 5.97 Å². The van der Waals surface area contributed by atoms with Crippen molar-refractivity contribution in [3.8, 4) is 0 Å². The molecule has 4 nitrogen and oxygen atoms in total. The molecule has 0 spiro atoms. The summed E-state index contributed by atoms with van der Waals surface area (Å²) >= 11 is 0. The lowest BCUT2D eigenvalue weighted by Crippen LogP contribution is -2.54. The van der Waals surface area contributed by atoms with Crippen LogP contribution in [0.3, 0.4) is 0 Å². The molecule has 1 aliphatic heterocycles. The van der Waals surface area contributed by atoms with Crippen molar-refractivity contribution in [2.24, 2.45) is 0 Å². The first kappa shape index (κ1) is 16.4. The standard InChI is InChI=1S/C15H30N2O2/c1-7-13-9-8-11(2)17(13)12(3)10-15(4,16-5)14(18)19-6/h11-13,16H,7-10H2,1-6H3. The van der Waals surface area contributed by atoms with Gasteiger partial charge >= 0.3 is 5.97 Å². The Morgan fingerprint density at radius 2 is 2.16 bits per heavy atom. The topological polar surface area (TPSA) is 41.6 Å². The lowest BCUT2D eigenvalue weighted by atomic mass is 9.92. The minimum absolute atomic E-state index is 0.179. The molecule has 1 aliphatic rings. The van der Waals surface area contributed by atoms with Gasteiger partial charge in [-0.25, -0.2) is 0 Å². The van der Waals surface area contributed by atoms with Gasteiger partial charge in [-0.2, -0.15) is 0 Å². The van der Waals surface area contributed by atoms with Crippen LogP contribution in [0.2, 0.25) is 0 Å². The third-order valence-corrected chi connectivity index (χ3v) is 4.72. The van der Waals surface area contributed by atoms with Crippen molar-refractivity contribution in [3.05, 3.63) is 0 Å². The second-order valence-electron chi connectivity index (χ2n) is 6.06. The van der Waals surface area contributed by atoms with Crippen LogP contribution in [-0.2, 0) is 9.53 Å². The fraction of sp³-hybridized carbons (Fsp3) is 0.933. The number of nitrogens with zero attached hydrogens (tertiary/aromatic N) is 1. The van der Waals surface area contributed by atoms with Crippen molar-refractivity contribution in [2.45, 2.75) is 77.0 Å². The van der Waals surface area contributed by atoms with Crippen LogP contribution in [0.5, 0.6) is 0 Å². The second-order valence-corrected chi connectivity index (χ2v) is 6.06. The van der Waals surface area contributed by atoms with Crippen molar-refractivity contribution < 1.29 is 9.53 Å². The number of carbonyl (C=O) groups excluding carboxylic acids is 1. The van der Waals surface area contributed by atoms with E-state index in [1.165, 1.54) is 26.4 Å². The SMILES string of the molecule is CCC1CCC(C)N1C(C)CC(C)(NC)C(=O)OC. The Balaban J connectivity index is 2.76. The van der Waals surface area contributed by atoms with Crippen molar-refractivity contribution in [1.82, 2.24) is 10.2 Å². The highest BCUT2D eigenvalue weighted by Crippen LogP contribution is 2.31. The smallest absolute Gasteiger partial charge is 0.325 e.